The first kappa shape index (κ1) is 35.9. The van der Waals surface area contributed by atoms with Crippen LogP contribution in [0.3, 0.4) is 0 Å². The van der Waals surface area contributed by atoms with Gasteiger partial charge in [-0.2, -0.15) is 0 Å². The predicted molar refractivity (Wildman–Crippen MR) is 158 cm³/mol. The average Bonchev–Trinajstić information content (AvgIpc) is 2.86. The number of unbranched alkanes of at least 4 members (excludes halogenated alkanes) is 20. The summed E-state index contributed by atoms with van der Waals surface area (Å²) in [5, 5.41) is 0. The van der Waals surface area contributed by atoms with E-state index in [4.69, 9.17) is 9.47 Å². The highest BCUT2D eigenvalue weighted by molar-refractivity contribution is 5.79. The summed E-state index contributed by atoms with van der Waals surface area (Å²) < 4.78 is 11.1. The molecule has 1 atom stereocenters. The van der Waals surface area contributed by atoms with Crippen LogP contribution in [0.2, 0.25) is 0 Å². The molecule has 37 heavy (non-hydrogen) atoms. The van der Waals surface area contributed by atoms with Crippen LogP contribution in [0.4, 0.5) is 0 Å². The van der Waals surface area contributed by atoms with Crippen molar-refractivity contribution in [2.75, 3.05) is 6.61 Å². The molecule has 0 saturated heterocycles. The summed E-state index contributed by atoms with van der Waals surface area (Å²) in [6.07, 6.45) is 28.0. The molecule has 0 amide bonds. The van der Waals surface area contributed by atoms with Gasteiger partial charge in [0.05, 0.1) is 6.61 Å². The first-order valence-electron chi connectivity index (χ1n) is 16.4. The Bertz CT molecular complexity index is 503. The van der Waals surface area contributed by atoms with Gasteiger partial charge in [-0.1, -0.05) is 156 Å². The molecule has 1 unspecified atom stereocenters. The molecule has 0 aliphatic rings. The van der Waals surface area contributed by atoms with Crippen LogP contribution in [0.1, 0.15) is 182 Å². The van der Waals surface area contributed by atoms with Gasteiger partial charge in [0.1, 0.15) is 0 Å². The van der Waals surface area contributed by atoms with Gasteiger partial charge in [-0.15, -0.1) is 0 Å². The Morgan fingerprint density at radius 2 is 0.919 bits per heavy atom. The molecule has 0 radical (unpaired) electrons. The van der Waals surface area contributed by atoms with Gasteiger partial charge < -0.3 is 9.47 Å². The second kappa shape index (κ2) is 28.0. The zero-order chi connectivity index (χ0) is 27.4. The molecule has 0 aromatic carbocycles. The maximum Gasteiger partial charge on any atom is 0.347 e. The lowest BCUT2D eigenvalue weighted by Crippen LogP contribution is -2.30. The highest BCUT2D eigenvalue weighted by Gasteiger charge is 2.24. The Hall–Kier alpha value is -1.06. The third kappa shape index (κ3) is 26.3. The number of carbonyl (C=O) groups excluding carboxylic acids is 2. The summed E-state index contributed by atoms with van der Waals surface area (Å²) in [4.78, 5) is 24.9. The lowest BCUT2D eigenvalue weighted by molar-refractivity contribution is -0.169. The van der Waals surface area contributed by atoms with Crippen molar-refractivity contribution in [3.8, 4) is 0 Å². The number of rotatable bonds is 28. The molecule has 0 aromatic rings. The molecule has 0 bridgehead atoms. The van der Waals surface area contributed by atoms with Crippen LogP contribution in [0.25, 0.3) is 0 Å². The molecule has 0 aliphatic carbocycles. The van der Waals surface area contributed by atoms with Gasteiger partial charge in [0, 0.05) is 6.42 Å². The van der Waals surface area contributed by atoms with Crippen molar-refractivity contribution >= 4 is 11.9 Å². The topological polar surface area (TPSA) is 52.6 Å². The van der Waals surface area contributed by atoms with Crippen LogP contribution in [0.15, 0.2) is 0 Å². The normalized spacial score (nSPS) is 12.1. The first-order chi connectivity index (χ1) is 18.0. The van der Waals surface area contributed by atoms with E-state index in [9.17, 15) is 9.59 Å². The molecule has 4 nitrogen and oxygen atoms in total. The van der Waals surface area contributed by atoms with Crippen molar-refractivity contribution in [2.45, 2.75) is 188 Å². The number of hydrogen-bond acceptors (Lipinski definition) is 4. The Morgan fingerprint density at radius 3 is 1.32 bits per heavy atom. The summed E-state index contributed by atoms with van der Waals surface area (Å²) in [5.74, 6) is -0.409. The van der Waals surface area contributed by atoms with Gasteiger partial charge in [0.15, 0.2) is 6.10 Å². The molecule has 0 heterocycles. The minimum Gasteiger partial charge on any atom is -0.463 e. The van der Waals surface area contributed by atoms with E-state index in [0.717, 1.165) is 25.7 Å². The number of carbonyl (C=O) groups is 2. The highest BCUT2D eigenvalue weighted by Crippen LogP contribution is 2.16. The van der Waals surface area contributed by atoms with E-state index in [2.05, 4.69) is 13.8 Å². The maximum atomic E-state index is 12.7. The number of hydrogen-bond donors (Lipinski definition) is 0. The monoisotopic (exact) mass is 524 g/mol. The minimum absolute atomic E-state index is 0.224. The lowest BCUT2D eigenvalue weighted by atomic mass is 10.0. The average molecular weight is 525 g/mol. The van der Waals surface area contributed by atoms with Gasteiger partial charge in [0.2, 0.25) is 0 Å². The molecule has 0 fully saturated rings. The highest BCUT2D eigenvalue weighted by atomic mass is 16.6. The fourth-order valence-corrected chi connectivity index (χ4v) is 4.79. The quantitative estimate of drug-likeness (QED) is 0.0754. The first-order valence-corrected chi connectivity index (χ1v) is 16.4. The molecular weight excluding hydrogens is 460 g/mol. The fraction of sp³-hybridized carbons (Fsp3) is 0.939. The van der Waals surface area contributed by atoms with E-state index < -0.39 is 6.10 Å². The van der Waals surface area contributed by atoms with Crippen LogP contribution in [-0.2, 0) is 19.1 Å². The van der Waals surface area contributed by atoms with Gasteiger partial charge in [-0.25, -0.2) is 4.79 Å². The van der Waals surface area contributed by atoms with Crippen molar-refractivity contribution in [1.29, 1.82) is 0 Å². The molecule has 4 heteroatoms. The summed E-state index contributed by atoms with van der Waals surface area (Å²) in [7, 11) is 0. The third-order valence-electron chi connectivity index (χ3n) is 7.17. The van der Waals surface area contributed by atoms with Gasteiger partial charge >= 0.3 is 11.9 Å². The Kier molecular flexibility index (Phi) is 27.2. The van der Waals surface area contributed by atoms with Crippen LogP contribution in [0, 0.1) is 5.92 Å². The van der Waals surface area contributed by atoms with Gasteiger partial charge in [-0.05, 0) is 25.2 Å². The van der Waals surface area contributed by atoms with Crippen molar-refractivity contribution in [3.63, 3.8) is 0 Å². The third-order valence-corrected chi connectivity index (χ3v) is 7.17. The van der Waals surface area contributed by atoms with Crippen molar-refractivity contribution in [3.05, 3.63) is 0 Å². The van der Waals surface area contributed by atoms with Crippen LogP contribution >= 0.6 is 0 Å². The fourth-order valence-electron chi connectivity index (χ4n) is 4.79. The summed E-state index contributed by atoms with van der Waals surface area (Å²) >= 11 is 0. The van der Waals surface area contributed by atoms with Crippen molar-refractivity contribution in [2.24, 2.45) is 5.92 Å². The van der Waals surface area contributed by atoms with Crippen molar-refractivity contribution in [1.82, 2.24) is 0 Å². The van der Waals surface area contributed by atoms with Crippen LogP contribution < -0.4 is 0 Å². The van der Waals surface area contributed by atoms with E-state index >= 15 is 0 Å². The van der Waals surface area contributed by atoms with E-state index in [1.165, 1.54) is 116 Å². The van der Waals surface area contributed by atoms with Gasteiger partial charge in [0.25, 0.3) is 0 Å². The standard InChI is InChI=1S/C33H64O4/c1-5-7-9-11-13-15-17-18-19-21-23-25-27-31(37-32(34)29-30(3)4)33(35)36-28-26-24-22-20-16-14-12-10-8-6-2/h30-31H,5-29H2,1-4H3. The number of ether oxygens (including phenoxy) is 2. The zero-order valence-electron chi connectivity index (χ0n) is 25.5. The summed E-state index contributed by atoms with van der Waals surface area (Å²) in [5.41, 5.74) is 0. The Labute approximate surface area is 231 Å². The molecule has 0 N–H and O–H groups in total. The smallest absolute Gasteiger partial charge is 0.347 e. The summed E-state index contributed by atoms with van der Waals surface area (Å²) in [6.45, 7) is 8.94. The zero-order valence-corrected chi connectivity index (χ0v) is 25.5. The molecular formula is C33H64O4. The van der Waals surface area contributed by atoms with Crippen molar-refractivity contribution < 1.29 is 19.1 Å². The van der Waals surface area contributed by atoms with E-state index in [1.807, 2.05) is 13.8 Å². The predicted octanol–water partition coefficient (Wildman–Crippen LogP) is 10.5. The van der Waals surface area contributed by atoms with E-state index in [0.29, 0.717) is 19.4 Å². The van der Waals surface area contributed by atoms with Crippen LogP contribution in [-0.4, -0.2) is 24.6 Å². The maximum absolute atomic E-state index is 12.7. The molecule has 0 rings (SSSR count). The van der Waals surface area contributed by atoms with Gasteiger partial charge in [-0.3, -0.25) is 4.79 Å². The van der Waals surface area contributed by atoms with E-state index in [-0.39, 0.29) is 17.9 Å². The second-order valence-corrected chi connectivity index (χ2v) is 11.6. The second-order valence-electron chi connectivity index (χ2n) is 11.6. The molecule has 0 saturated carbocycles. The largest absolute Gasteiger partial charge is 0.463 e. The molecule has 0 aliphatic heterocycles. The molecule has 220 valence electrons. The lowest BCUT2D eigenvalue weighted by Gasteiger charge is -2.17. The van der Waals surface area contributed by atoms with E-state index in [1.54, 1.807) is 0 Å². The Balaban J connectivity index is 4.01. The SMILES string of the molecule is CCCCCCCCCCCCCCC(OC(=O)CC(C)C)C(=O)OCCCCCCCCCCCC. The number of esters is 2. The minimum atomic E-state index is -0.738. The van der Waals surface area contributed by atoms with Crippen LogP contribution in [0.5, 0.6) is 0 Å². The Morgan fingerprint density at radius 1 is 0.541 bits per heavy atom. The summed E-state index contributed by atoms with van der Waals surface area (Å²) in [6, 6.07) is 0. The molecule has 0 spiro atoms. The molecule has 0 aromatic heterocycles.